The maximum atomic E-state index is 11.2. The van der Waals surface area contributed by atoms with Crippen LogP contribution in [0.5, 0.6) is 0 Å². The molecule has 114 valence electrons. The summed E-state index contributed by atoms with van der Waals surface area (Å²) >= 11 is 3.41. The summed E-state index contributed by atoms with van der Waals surface area (Å²) in [7, 11) is 3.48. The molecule has 21 heavy (non-hydrogen) atoms. The molecule has 0 aliphatic carbocycles. The Bertz CT molecular complexity index is 566. The second-order valence-electron chi connectivity index (χ2n) is 4.94. The molecule has 1 atom stereocenters. The predicted octanol–water partition coefficient (Wildman–Crippen LogP) is 3.38. The van der Waals surface area contributed by atoms with E-state index in [1.54, 1.807) is 22.7 Å². The number of anilines is 1. The minimum Gasteiger partial charge on any atom is -0.469 e. The quantitative estimate of drug-likeness (QED) is 0.732. The monoisotopic (exact) mass is 324 g/mol. The Balaban J connectivity index is 1.91. The van der Waals surface area contributed by atoms with Crippen LogP contribution in [0.1, 0.15) is 23.9 Å². The number of nitrogens with zero attached hydrogens (tertiary/aromatic N) is 2. The molecule has 0 N–H and O–H groups in total. The summed E-state index contributed by atoms with van der Waals surface area (Å²) in [4.78, 5) is 19.3. The van der Waals surface area contributed by atoms with E-state index in [0.29, 0.717) is 18.9 Å². The first-order chi connectivity index (χ1) is 10.1. The SMILES string of the molecule is COC(=O)CCc1csc(N(C)C(C)Cc2cccs2)n1. The molecule has 0 bridgehead atoms. The molecule has 0 amide bonds. The van der Waals surface area contributed by atoms with Crippen LogP contribution in [0.25, 0.3) is 0 Å². The lowest BCUT2D eigenvalue weighted by atomic mass is 10.2. The first-order valence-electron chi connectivity index (χ1n) is 6.86. The van der Waals surface area contributed by atoms with Crippen molar-refractivity contribution in [3.63, 3.8) is 0 Å². The Morgan fingerprint density at radius 2 is 2.29 bits per heavy atom. The standard InChI is InChI=1S/C15H20N2O2S2/c1-11(9-13-5-4-8-20-13)17(2)15-16-12(10-21-15)6-7-14(18)19-3/h4-5,8,10-11H,6-7,9H2,1-3H3. The Kier molecular flexibility index (Phi) is 5.76. The van der Waals surface area contributed by atoms with Crippen molar-refractivity contribution in [2.24, 2.45) is 0 Å². The topological polar surface area (TPSA) is 42.4 Å². The molecule has 0 aliphatic rings. The summed E-state index contributed by atoms with van der Waals surface area (Å²) in [6, 6.07) is 4.64. The van der Waals surface area contributed by atoms with E-state index < -0.39 is 0 Å². The fraction of sp³-hybridized carbons (Fsp3) is 0.467. The minimum absolute atomic E-state index is 0.191. The van der Waals surface area contributed by atoms with Gasteiger partial charge in [0, 0.05) is 36.2 Å². The van der Waals surface area contributed by atoms with E-state index in [-0.39, 0.29) is 5.97 Å². The summed E-state index contributed by atoms with van der Waals surface area (Å²) in [5.41, 5.74) is 0.954. The maximum absolute atomic E-state index is 11.2. The van der Waals surface area contributed by atoms with Gasteiger partial charge in [0.2, 0.25) is 0 Å². The molecule has 0 saturated carbocycles. The third-order valence-electron chi connectivity index (χ3n) is 3.39. The number of aromatic nitrogens is 1. The average Bonchev–Trinajstić information content (AvgIpc) is 3.15. The van der Waals surface area contributed by atoms with Crippen molar-refractivity contribution in [2.75, 3.05) is 19.1 Å². The molecular formula is C15H20N2O2S2. The summed E-state index contributed by atoms with van der Waals surface area (Å²) < 4.78 is 4.65. The van der Waals surface area contributed by atoms with Crippen LogP contribution in [0, 0.1) is 0 Å². The molecule has 2 aromatic heterocycles. The molecule has 6 heteroatoms. The van der Waals surface area contributed by atoms with Crippen LogP contribution in [-0.4, -0.2) is 31.2 Å². The van der Waals surface area contributed by atoms with E-state index in [2.05, 4.69) is 46.1 Å². The zero-order valence-electron chi connectivity index (χ0n) is 12.5. The van der Waals surface area contributed by atoms with Crippen LogP contribution in [0.15, 0.2) is 22.9 Å². The van der Waals surface area contributed by atoms with E-state index in [9.17, 15) is 4.79 Å². The molecule has 0 aromatic carbocycles. The van der Waals surface area contributed by atoms with Gasteiger partial charge in [0.25, 0.3) is 0 Å². The highest BCUT2D eigenvalue weighted by Gasteiger charge is 2.15. The molecule has 0 aliphatic heterocycles. The van der Waals surface area contributed by atoms with E-state index >= 15 is 0 Å². The molecule has 0 spiro atoms. The number of carbonyl (C=O) groups excluding carboxylic acids is 1. The molecular weight excluding hydrogens is 304 g/mol. The molecule has 2 aromatic rings. The van der Waals surface area contributed by atoms with Gasteiger partial charge >= 0.3 is 5.97 Å². The van der Waals surface area contributed by atoms with Crippen molar-refractivity contribution in [1.82, 2.24) is 4.98 Å². The van der Waals surface area contributed by atoms with Crippen LogP contribution >= 0.6 is 22.7 Å². The predicted molar refractivity (Wildman–Crippen MR) is 88.3 cm³/mol. The van der Waals surface area contributed by atoms with Crippen molar-refractivity contribution in [3.05, 3.63) is 33.5 Å². The molecule has 0 saturated heterocycles. The van der Waals surface area contributed by atoms with E-state index in [1.807, 2.05) is 5.38 Å². The summed E-state index contributed by atoms with van der Waals surface area (Å²) in [5, 5.41) is 5.13. The molecule has 2 rings (SSSR count). The lowest BCUT2D eigenvalue weighted by Gasteiger charge is -2.23. The molecule has 0 radical (unpaired) electrons. The smallest absolute Gasteiger partial charge is 0.305 e. The van der Waals surface area contributed by atoms with Gasteiger partial charge in [-0.05, 0) is 18.4 Å². The molecule has 4 nitrogen and oxygen atoms in total. The van der Waals surface area contributed by atoms with Crippen LogP contribution in [0.2, 0.25) is 0 Å². The summed E-state index contributed by atoms with van der Waals surface area (Å²) in [6.45, 7) is 2.20. The summed E-state index contributed by atoms with van der Waals surface area (Å²) in [6.07, 6.45) is 2.04. The second-order valence-corrected chi connectivity index (χ2v) is 6.81. The van der Waals surface area contributed by atoms with Gasteiger partial charge in [0.1, 0.15) is 0 Å². The van der Waals surface area contributed by atoms with Crippen molar-refractivity contribution in [1.29, 1.82) is 0 Å². The fourth-order valence-electron chi connectivity index (χ4n) is 1.95. The Labute approximate surface area is 133 Å². The average molecular weight is 324 g/mol. The van der Waals surface area contributed by atoms with E-state index in [1.165, 1.54) is 12.0 Å². The second kappa shape index (κ2) is 7.56. The van der Waals surface area contributed by atoms with Crippen molar-refractivity contribution in [2.45, 2.75) is 32.2 Å². The fourth-order valence-corrected chi connectivity index (χ4v) is 3.71. The highest BCUT2D eigenvalue weighted by atomic mass is 32.1. The first kappa shape index (κ1) is 16.0. The third-order valence-corrected chi connectivity index (χ3v) is 5.27. The normalized spacial score (nSPS) is 12.1. The van der Waals surface area contributed by atoms with Crippen LogP contribution < -0.4 is 4.90 Å². The van der Waals surface area contributed by atoms with Gasteiger partial charge in [-0.3, -0.25) is 4.79 Å². The van der Waals surface area contributed by atoms with Crippen molar-refractivity contribution < 1.29 is 9.53 Å². The number of thiazole rings is 1. The molecule has 1 unspecified atom stereocenters. The molecule has 0 fully saturated rings. The van der Waals surface area contributed by atoms with Crippen molar-refractivity contribution >= 4 is 33.8 Å². The number of methoxy groups -OCH3 is 1. The Hall–Kier alpha value is -1.40. The number of carbonyl (C=O) groups is 1. The number of thiophene rings is 1. The highest BCUT2D eigenvalue weighted by Crippen LogP contribution is 2.24. The van der Waals surface area contributed by atoms with Gasteiger partial charge in [0.05, 0.1) is 19.2 Å². The number of esters is 1. The number of hydrogen-bond donors (Lipinski definition) is 0. The van der Waals surface area contributed by atoms with Gasteiger partial charge in [-0.2, -0.15) is 0 Å². The van der Waals surface area contributed by atoms with Gasteiger partial charge in [-0.1, -0.05) is 6.07 Å². The molecule has 2 heterocycles. The lowest BCUT2D eigenvalue weighted by Crippen LogP contribution is -2.30. The van der Waals surface area contributed by atoms with E-state index in [4.69, 9.17) is 0 Å². The van der Waals surface area contributed by atoms with Crippen molar-refractivity contribution in [3.8, 4) is 0 Å². The van der Waals surface area contributed by atoms with Gasteiger partial charge in [-0.25, -0.2) is 4.98 Å². The maximum Gasteiger partial charge on any atom is 0.305 e. The minimum atomic E-state index is -0.191. The number of hydrogen-bond acceptors (Lipinski definition) is 6. The van der Waals surface area contributed by atoms with Crippen LogP contribution in [0.3, 0.4) is 0 Å². The lowest BCUT2D eigenvalue weighted by molar-refractivity contribution is -0.140. The first-order valence-corrected chi connectivity index (χ1v) is 8.62. The summed E-state index contributed by atoms with van der Waals surface area (Å²) in [5.74, 6) is -0.191. The van der Waals surface area contributed by atoms with Crippen LogP contribution in [-0.2, 0) is 22.4 Å². The van der Waals surface area contributed by atoms with Crippen LogP contribution in [0.4, 0.5) is 5.13 Å². The largest absolute Gasteiger partial charge is 0.469 e. The van der Waals surface area contributed by atoms with E-state index in [0.717, 1.165) is 17.2 Å². The Morgan fingerprint density at radius 3 is 2.95 bits per heavy atom. The van der Waals surface area contributed by atoms with Gasteiger partial charge < -0.3 is 9.64 Å². The zero-order chi connectivity index (χ0) is 15.2. The van der Waals surface area contributed by atoms with Gasteiger partial charge in [0.15, 0.2) is 5.13 Å². The van der Waals surface area contributed by atoms with Gasteiger partial charge in [-0.15, -0.1) is 22.7 Å². The zero-order valence-corrected chi connectivity index (χ0v) is 14.2. The highest BCUT2D eigenvalue weighted by molar-refractivity contribution is 7.13. The number of rotatable bonds is 7. The number of ether oxygens (including phenoxy) is 1. The number of aryl methyl sites for hydroxylation is 1. The third kappa shape index (κ3) is 4.54. The Morgan fingerprint density at radius 1 is 1.48 bits per heavy atom. The number of likely N-dealkylation sites (N-methyl/N-ethyl adjacent to an activating group) is 1.